The van der Waals surface area contributed by atoms with Crippen molar-refractivity contribution in [3.63, 3.8) is 0 Å². The molecule has 0 spiro atoms. The first-order valence-electron chi connectivity index (χ1n) is 7.13. The fraction of sp³-hybridized carbons (Fsp3) is 0.562. The predicted molar refractivity (Wildman–Crippen MR) is 77.6 cm³/mol. The van der Waals surface area contributed by atoms with Crippen LogP contribution < -0.4 is 4.74 Å². The van der Waals surface area contributed by atoms with Gasteiger partial charge in [-0.1, -0.05) is 12.1 Å². The Morgan fingerprint density at radius 3 is 2.40 bits per heavy atom. The van der Waals surface area contributed by atoms with Crippen molar-refractivity contribution in [1.82, 2.24) is 4.90 Å². The van der Waals surface area contributed by atoms with Crippen LogP contribution in [0.2, 0.25) is 0 Å². The van der Waals surface area contributed by atoms with E-state index in [0.717, 1.165) is 38.2 Å². The summed E-state index contributed by atoms with van der Waals surface area (Å²) in [6, 6.07) is 8.22. The lowest BCUT2D eigenvalue weighted by Crippen LogP contribution is -2.34. The molecule has 0 aromatic heterocycles. The average Bonchev–Trinajstić information content (AvgIpc) is 2.50. The number of methoxy groups -OCH3 is 2. The van der Waals surface area contributed by atoms with Crippen LogP contribution in [0.5, 0.6) is 5.75 Å². The average molecular weight is 277 g/mol. The van der Waals surface area contributed by atoms with Crippen molar-refractivity contribution in [3.05, 3.63) is 29.8 Å². The molecule has 1 heterocycles. The highest BCUT2D eigenvalue weighted by molar-refractivity contribution is 5.69. The molecule has 4 heteroatoms. The van der Waals surface area contributed by atoms with Gasteiger partial charge in [-0.3, -0.25) is 9.69 Å². The van der Waals surface area contributed by atoms with Gasteiger partial charge in [0.2, 0.25) is 0 Å². The molecule has 0 atom stereocenters. The molecule has 0 saturated carbocycles. The van der Waals surface area contributed by atoms with Crippen LogP contribution >= 0.6 is 0 Å². The summed E-state index contributed by atoms with van der Waals surface area (Å²) < 4.78 is 9.90. The van der Waals surface area contributed by atoms with Crippen molar-refractivity contribution in [2.24, 2.45) is 5.92 Å². The van der Waals surface area contributed by atoms with Crippen molar-refractivity contribution in [3.8, 4) is 5.75 Å². The Bertz CT molecular complexity index is 422. The SMILES string of the molecule is COC(=O)CC1CCN(Cc2ccc(OC)cc2)CC1. The van der Waals surface area contributed by atoms with Gasteiger partial charge in [0, 0.05) is 13.0 Å². The van der Waals surface area contributed by atoms with Gasteiger partial charge in [0.25, 0.3) is 0 Å². The first-order chi connectivity index (χ1) is 9.71. The minimum atomic E-state index is -0.0846. The van der Waals surface area contributed by atoms with Gasteiger partial charge in [-0.05, 0) is 49.5 Å². The smallest absolute Gasteiger partial charge is 0.305 e. The van der Waals surface area contributed by atoms with Crippen molar-refractivity contribution in [2.75, 3.05) is 27.3 Å². The number of ether oxygens (including phenoxy) is 2. The number of piperidine rings is 1. The van der Waals surface area contributed by atoms with E-state index in [1.807, 2.05) is 12.1 Å². The molecule has 1 saturated heterocycles. The summed E-state index contributed by atoms with van der Waals surface area (Å²) in [5.41, 5.74) is 1.30. The highest BCUT2D eigenvalue weighted by Crippen LogP contribution is 2.22. The van der Waals surface area contributed by atoms with Crippen molar-refractivity contribution in [1.29, 1.82) is 0 Å². The Hall–Kier alpha value is -1.55. The van der Waals surface area contributed by atoms with Crippen LogP contribution in [0.4, 0.5) is 0 Å². The molecular formula is C16H23NO3. The van der Waals surface area contributed by atoms with Gasteiger partial charge in [-0.25, -0.2) is 0 Å². The summed E-state index contributed by atoms with van der Waals surface area (Å²) in [6.07, 6.45) is 2.71. The lowest BCUT2D eigenvalue weighted by atomic mass is 9.93. The van der Waals surface area contributed by atoms with E-state index in [-0.39, 0.29) is 5.97 Å². The standard InChI is InChI=1S/C16H23NO3/c1-19-15-5-3-14(4-6-15)12-17-9-7-13(8-10-17)11-16(18)20-2/h3-6,13H,7-12H2,1-2H3. The number of benzene rings is 1. The molecule has 0 bridgehead atoms. The molecule has 20 heavy (non-hydrogen) atoms. The van der Waals surface area contributed by atoms with Crippen LogP contribution in [0.25, 0.3) is 0 Å². The van der Waals surface area contributed by atoms with Gasteiger partial charge in [0.15, 0.2) is 0 Å². The summed E-state index contributed by atoms with van der Waals surface area (Å²) in [6.45, 7) is 3.07. The number of rotatable bonds is 5. The molecule has 1 aromatic carbocycles. The van der Waals surface area contributed by atoms with Gasteiger partial charge >= 0.3 is 5.97 Å². The van der Waals surface area contributed by atoms with Crippen molar-refractivity contribution < 1.29 is 14.3 Å². The monoisotopic (exact) mass is 277 g/mol. The fourth-order valence-electron chi connectivity index (χ4n) is 2.66. The predicted octanol–water partition coefficient (Wildman–Crippen LogP) is 2.47. The number of likely N-dealkylation sites (tertiary alicyclic amines) is 1. The maximum atomic E-state index is 11.3. The molecule has 0 aliphatic carbocycles. The second-order valence-electron chi connectivity index (χ2n) is 5.35. The number of carbonyl (C=O) groups excluding carboxylic acids is 1. The first kappa shape index (κ1) is 14.9. The van der Waals surface area contributed by atoms with E-state index in [4.69, 9.17) is 9.47 Å². The minimum Gasteiger partial charge on any atom is -0.497 e. The molecule has 4 nitrogen and oxygen atoms in total. The van der Waals surface area contributed by atoms with Crippen LogP contribution in [0.15, 0.2) is 24.3 Å². The fourth-order valence-corrected chi connectivity index (χ4v) is 2.66. The Morgan fingerprint density at radius 2 is 1.85 bits per heavy atom. The molecule has 1 aliphatic heterocycles. The van der Waals surface area contributed by atoms with Crippen LogP contribution in [0.1, 0.15) is 24.8 Å². The van der Waals surface area contributed by atoms with Crippen molar-refractivity contribution >= 4 is 5.97 Å². The third kappa shape index (κ3) is 4.23. The van der Waals surface area contributed by atoms with E-state index >= 15 is 0 Å². The van der Waals surface area contributed by atoms with E-state index in [2.05, 4.69) is 17.0 Å². The number of hydrogen-bond donors (Lipinski definition) is 0. The van der Waals surface area contributed by atoms with Crippen LogP contribution in [0, 0.1) is 5.92 Å². The zero-order valence-electron chi connectivity index (χ0n) is 12.3. The number of carbonyl (C=O) groups is 1. The van der Waals surface area contributed by atoms with E-state index in [9.17, 15) is 4.79 Å². The van der Waals surface area contributed by atoms with E-state index in [0.29, 0.717) is 12.3 Å². The van der Waals surface area contributed by atoms with Gasteiger partial charge < -0.3 is 9.47 Å². The molecule has 0 amide bonds. The van der Waals surface area contributed by atoms with Gasteiger partial charge in [0.05, 0.1) is 14.2 Å². The second kappa shape index (κ2) is 7.29. The molecule has 1 fully saturated rings. The Labute approximate surface area is 120 Å². The quantitative estimate of drug-likeness (QED) is 0.775. The Morgan fingerprint density at radius 1 is 1.20 bits per heavy atom. The third-order valence-electron chi connectivity index (χ3n) is 3.96. The lowest BCUT2D eigenvalue weighted by Gasteiger charge is -2.31. The van der Waals surface area contributed by atoms with E-state index in [1.165, 1.54) is 12.7 Å². The summed E-state index contributed by atoms with van der Waals surface area (Å²) in [4.78, 5) is 13.7. The van der Waals surface area contributed by atoms with Crippen molar-refractivity contribution in [2.45, 2.75) is 25.8 Å². The number of hydrogen-bond acceptors (Lipinski definition) is 4. The zero-order valence-corrected chi connectivity index (χ0v) is 12.3. The topological polar surface area (TPSA) is 38.8 Å². The molecule has 0 unspecified atom stereocenters. The summed E-state index contributed by atoms with van der Waals surface area (Å²) >= 11 is 0. The normalized spacial score (nSPS) is 16.9. The Balaban J connectivity index is 1.77. The third-order valence-corrected chi connectivity index (χ3v) is 3.96. The van der Waals surface area contributed by atoms with Crippen LogP contribution in [-0.2, 0) is 16.1 Å². The van der Waals surface area contributed by atoms with Gasteiger partial charge in [-0.15, -0.1) is 0 Å². The van der Waals surface area contributed by atoms with E-state index in [1.54, 1.807) is 7.11 Å². The van der Waals surface area contributed by atoms with Crippen LogP contribution in [-0.4, -0.2) is 38.2 Å². The maximum Gasteiger partial charge on any atom is 0.305 e. The van der Waals surface area contributed by atoms with Gasteiger partial charge in [-0.2, -0.15) is 0 Å². The molecule has 1 aromatic rings. The van der Waals surface area contributed by atoms with Gasteiger partial charge in [0.1, 0.15) is 5.75 Å². The molecule has 0 N–H and O–H groups in total. The van der Waals surface area contributed by atoms with E-state index < -0.39 is 0 Å². The lowest BCUT2D eigenvalue weighted by molar-refractivity contribution is -0.142. The molecule has 110 valence electrons. The highest BCUT2D eigenvalue weighted by Gasteiger charge is 2.21. The molecule has 0 radical (unpaired) electrons. The zero-order chi connectivity index (χ0) is 14.4. The highest BCUT2D eigenvalue weighted by atomic mass is 16.5. The summed E-state index contributed by atoms with van der Waals surface area (Å²) in [5, 5.41) is 0. The maximum absolute atomic E-state index is 11.3. The number of nitrogens with zero attached hydrogens (tertiary/aromatic N) is 1. The Kier molecular flexibility index (Phi) is 5.41. The number of esters is 1. The largest absolute Gasteiger partial charge is 0.497 e. The molecule has 2 rings (SSSR count). The first-order valence-corrected chi connectivity index (χ1v) is 7.13. The minimum absolute atomic E-state index is 0.0846. The summed E-state index contributed by atoms with van der Waals surface area (Å²) in [5.74, 6) is 1.29. The molecule has 1 aliphatic rings. The molecular weight excluding hydrogens is 254 g/mol. The van der Waals surface area contributed by atoms with Crippen LogP contribution in [0.3, 0.4) is 0 Å². The summed E-state index contributed by atoms with van der Waals surface area (Å²) in [7, 11) is 3.14. The second-order valence-corrected chi connectivity index (χ2v) is 5.35.